The fourth-order valence-electron chi connectivity index (χ4n) is 3.45. The van der Waals surface area contributed by atoms with E-state index in [-0.39, 0.29) is 25.2 Å². The molecule has 0 aliphatic carbocycles. The Morgan fingerprint density at radius 1 is 0.659 bits per heavy atom. The van der Waals surface area contributed by atoms with Crippen LogP contribution in [0.3, 0.4) is 0 Å². The lowest BCUT2D eigenvalue weighted by molar-refractivity contribution is -0.109. The van der Waals surface area contributed by atoms with Crippen LogP contribution in [0.2, 0.25) is 0 Å². The van der Waals surface area contributed by atoms with Crippen molar-refractivity contribution >= 4 is 6.41 Å². The molecule has 0 aliphatic rings. The quantitative estimate of drug-likeness (QED) is 0.0983. The molecule has 44 heavy (non-hydrogen) atoms. The number of rotatable bonds is 30. The van der Waals surface area contributed by atoms with Gasteiger partial charge in [0.25, 0.3) is 0 Å². The second kappa shape index (κ2) is 25.6. The molecule has 2 aromatic rings. The molecule has 0 fully saturated rings. The predicted molar refractivity (Wildman–Crippen MR) is 149 cm³/mol. The molecule has 1 aromatic heterocycles. The number of nitrogens with one attached hydrogen (secondary N) is 1. The summed E-state index contributed by atoms with van der Waals surface area (Å²) in [6.45, 7) is 7.21. The molecule has 16 heteroatoms. The van der Waals surface area contributed by atoms with Crippen LogP contribution in [0.1, 0.15) is 11.3 Å². The first-order chi connectivity index (χ1) is 21.6. The Balaban J connectivity index is 1.30. The first-order valence-electron chi connectivity index (χ1n) is 14.4. The highest BCUT2D eigenvalue weighted by Crippen LogP contribution is 2.15. The Morgan fingerprint density at radius 3 is 1.68 bits per heavy atom. The number of hydrogen-bond acceptors (Lipinski definition) is 11. The number of ether oxygens (including phenoxy) is 8. The van der Waals surface area contributed by atoms with Gasteiger partial charge in [0.15, 0.2) is 0 Å². The van der Waals surface area contributed by atoms with E-state index in [1.807, 2.05) is 0 Å². The minimum atomic E-state index is -0.949. The maximum atomic E-state index is 13.6. The van der Waals surface area contributed by atoms with E-state index in [0.717, 1.165) is 0 Å². The summed E-state index contributed by atoms with van der Waals surface area (Å²) in [5, 5.41) is 10.6. The zero-order valence-electron chi connectivity index (χ0n) is 24.9. The van der Waals surface area contributed by atoms with E-state index in [9.17, 15) is 18.0 Å². The van der Waals surface area contributed by atoms with E-state index >= 15 is 0 Å². The highest BCUT2D eigenvalue weighted by molar-refractivity contribution is 5.45. The fraction of sp³-hybridized carbons (Fsp3) is 0.679. The number of hydrogen-bond donors (Lipinski definition) is 1. The second-order valence-electron chi connectivity index (χ2n) is 8.98. The molecule has 0 saturated carbocycles. The number of benzene rings is 1. The van der Waals surface area contributed by atoms with Gasteiger partial charge in [-0.15, -0.1) is 5.10 Å². The van der Waals surface area contributed by atoms with Gasteiger partial charge >= 0.3 is 0 Å². The van der Waals surface area contributed by atoms with E-state index in [1.165, 1.54) is 0 Å². The van der Waals surface area contributed by atoms with Crippen molar-refractivity contribution in [3.63, 3.8) is 0 Å². The third-order valence-corrected chi connectivity index (χ3v) is 5.61. The van der Waals surface area contributed by atoms with Crippen LogP contribution in [0, 0.1) is 17.5 Å². The monoisotopic (exact) mass is 636 g/mol. The molecule has 250 valence electrons. The topological polar surface area (TPSA) is 134 Å². The number of halogens is 3. The first kappa shape index (κ1) is 37.5. The lowest BCUT2D eigenvalue weighted by Crippen LogP contribution is -2.19. The summed E-state index contributed by atoms with van der Waals surface area (Å²) in [7, 11) is 0. The number of carbonyl (C=O) groups excluding carboxylic acids is 1. The lowest BCUT2D eigenvalue weighted by Gasteiger charge is -2.08. The lowest BCUT2D eigenvalue weighted by atomic mass is 10.1. The molecule has 0 bridgehead atoms. The first-order valence-corrected chi connectivity index (χ1v) is 14.4. The summed E-state index contributed by atoms with van der Waals surface area (Å²) in [6, 6.07) is 1.30. The Bertz CT molecular complexity index is 984. The molecule has 0 saturated heterocycles. The van der Waals surface area contributed by atoms with Gasteiger partial charge in [0.05, 0.1) is 118 Å². The van der Waals surface area contributed by atoms with E-state index in [0.29, 0.717) is 130 Å². The van der Waals surface area contributed by atoms with Crippen LogP contribution in [0.15, 0.2) is 18.3 Å². The van der Waals surface area contributed by atoms with Crippen molar-refractivity contribution in [2.45, 2.75) is 19.6 Å². The molecule has 0 unspecified atom stereocenters. The van der Waals surface area contributed by atoms with Gasteiger partial charge in [-0.2, -0.15) is 0 Å². The van der Waals surface area contributed by atoms with E-state index in [1.54, 1.807) is 10.9 Å². The van der Waals surface area contributed by atoms with Crippen LogP contribution in [0.5, 0.6) is 0 Å². The largest absolute Gasteiger partial charge is 0.379 e. The smallest absolute Gasteiger partial charge is 0.207 e. The van der Waals surface area contributed by atoms with Crippen LogP contribution < -0.4 is 5.32 Å². The highest BCUT2D eigenvalue weighted by Gasteiger charge is 2.11. The molecule has 0 spiro atoms. The average molecular weight is 637 g/mol. The third kappa shape index (κ3) is 18.9. The van der Waals surface area contributed by atoms with Gasteiger partial charge in [0, 0.05) is 30.7 Å². The van der Waals surface area contributed by atoms with Gasteiger partial charge in [-0.25, -0.2) is 17.9 Å². The second-order valence-corrected chi connectivity index (χ2v) is 8.98. The number of carbonyl (C=O) groups is 1. The van der Waals surface area contributed by atoms with Crippen LogP contribution in [-0.2, 0) is 62.3 Å². The van der Waals surface area contributed by atoms with E-state index in [4.69, 9.17) is 37.9 Å². The minimum absolute atomic E-state index is 0.00491. The van der Waals surface area contributed by atoms with Gasteiger partial charge in [0.2, 0.25) is 6.41 Å². The maximum Gasteiger partial charge on any atom is 0.207 e. The van der Waals surface area contributed by atoms with Crippen molar-refractivity contribution in [3.8, 4) is 0 Å². The molecule has 0 radical (unpaired) electrons. The molecule has 1 aromatic carbocycles. The summed E-state index contributed by atoms with van der Waals surface area (Å²) in [4.78, 5) is 10.1. The summed E-state index contributed by atoms with van der Waals surface area (Å²) in [6.07, 6.45) is 2.44. The zero-order chi connectivity index (χ0) is 31.5. The Hall–Kier alpha value is -2.70. The fourth-order valence-corrected chi connectivity index (χ4v) is 3.45. The van der Waals surface area contributed by atoms with Crippen molar-refractivity contribution in [1.82, 2.24) is 20.3 Å². The van der Waals surface area contributed by atoms with E-state index < -0.39 is 17.5 Å². The molecular formula is C28H43F3N4O9. The minimum Gasteiger partial charge on any atom is -0.379 e. The van der Waals surface area contributed by atoms with Crippen LogP contribution in [0.25, 0.3) is 0 Å². The normalized spacial score (nSPS) is 11.3. The van der Waals surface area contributed by atoms with E-state index in [2.05, 4.69) is 15.6 Å². The maximum absolute atomic E-state index is 13.6. The molecule has 1 N–H and O–H groups in total. The SMILES string of the molecule is O=CNCCOCCOCCOCCOCc1cn(CCOCCOCCOCCOCCc2c(F)cc(F)cc2F)nn1. The molecule has 0 aliphatic heterocycles. The Kier molecular flexibility index (Phi) is 21.8. The highest BCUT2D eigenvalue weighted by atomic mass is 19.1. The standard InChI is InChI=1S/C28H43F3N4O9/c29-24-19-27(30)26(28(31)20-24)1-4-37-7-10-40-13-14-42-12-9-39-6-3-35-21-25(33-34-35)22-44-18-17-43-16-15-41-11-8-38-5-2-32-23-36/h19-21,23H,1-18,22H2,(H,32,36). The van der Waals surface area contributed by atoms with Crippen molar-refractivity contribution in [3.05, 3.63) is 47.0 Å². The predicted octanol–water partition coefficient (Wildman–Crippen LogP) is 1.32. The molecule has 0 atom stereocenters. The average Bonchev–Trinajstić information content (AvgIpc) is 3.46. The summed E-state index contributed by atoms with van der Waals surface area (Å²) < 4.78 is 85.0. The zero-order valence-corrected chi connectivity index (χ0v) is 24.9. The molecule has 1 amide bonds. The summed E-state index contributed by atoms with van der Waals surface area (Å²) in [5.74, 6) is -2.79. The van der Waals surface area contributed by atoms with Crippen LogP contribution in [0.4, 0.5) is 13.2 Å². The van der Waals surface area contributed by atoms with Crippen molar-refractivity contribution in [2.24, 2.45) is 0 Å². The molecule has 2 rings (SSSR count). The Labute approximate surface area is 255 Å². The summed E-state index contributed by atoms with van der Waals surface area (Å²) >= 11 is 0. The van der Waals surface area contributed by atoms with Crippen LogP contribution >= 0.6 is 0 Å². The van der Waals surface area contributed by atoms with Crippen LogP contribution in [-0.4, -0.2) is 127 Å². The molecule has 13 nitrogen and oxygen atoms in total. The van der Waals surface area contributed by atoms with Gasteiger partial charge in [-0.3, -0.25) is 4.79 Å². The van der Waals surface area contributed by atoms with Gasteiger partial charge in [-0.1, -0.05) is 5.21 Å². The van der Waals surface area contributed by atoms with Crippen molar-refractivity contribution in [2.75, 3.05) is 106 Å². The molecular weight excluding hydrogens is 593 g/mol. The number of aromatic nitrogens is 3. The summed E-state index contributed by atoms with van der Waals surface area (Å²) in [5.41, 5.74) is 0.513. The number of nitrogens with zero attached hydrogens (tertiary/aromatic N) is 3. The van der Waals surface area contributed by atoms with Gasteiger partial charge in [-0.05, 0) is 0 Å². The molecule has 1 heterocycles. The van der Waals surface area contributed by atoms with Gasteiger partial charge < -0.3 is 43.2 Å². The Morgan fingerprint density at radius 2 is 1.14 bits per heavy atom. The number of amides is 1. The van der Waals surface area contributed by atoms with Gasteiger partial charge in [0.1, 0.15) is 23.1 Å². The van der Waals surface area contributed by atoms with Crippen molar-refractivity contribution < 1.29 is 55.9 Å². The van der Waals surface area contributed by atoms with Crippen molar-refractivity contribution in [1.29, 1.82) is 0 Å². The third-order valence-electron chi connectivity index (χ3n) is 5.61.